The molecule has 94 valence electrons. The van der Waals surface area contributed by atoms with Crippen LogP contribution in [0.15, 0.2) is 30.3 Å². The van der Waals surface area contributed by atoms with Crippen molar-refractivity contribution in [3.63, 3.8) is 0 Å². The third-order valence-electron chi connectivity index (χ3n) is 2.92. The van der Waals surface area contributed by atoms with E-state index in [9.17, 15) is 4.79 Å². The van der Waals surface area contributed by atoms with Crippen LogP contribution in [0.1, 0.15) is 22.8 Å². The molecule has 0 bridgehead atoms. The van der Waals surface area contributed by atoms with Crippen molar-refractivity contribution in [1.82, 2.24) is 0 Å². The van der Waals surface area contributed by atoms with Crippen LogP contribution in [0.5, 0.6) is 5.75 Å². The number of rotatable bonds is 5. The predicted molar refractivity (Wildman–Crippen MR) is 71.2 cm³/mol. The largest absolute Gasteiger partial charge is 0.467 e. The van der Waals surface area contributed by atoms with E-state index in [1.165, 1.54) is 0 Å². The first kappa shape index (κ1) is 12.6. The monoisotopic (exact) mass is 244 g/mol. The number of ether oxygens (including phenoxy) is 2. The summed E-state index contributed by atoms with van der Waals surface area (Å²) in [6.45, 7) is 4.72. The van der Waals surface area contributed by atoms with Gasteiger partial charge < -0.3 is 9.47 Å². The molecule has 0 atom stereocenters. The summed E-state index contributed by atoms with van der Waals surface area (Å²) in [5.74, 6) is 0.755. The molecule has 0 N–H and O–H groups in total. The first-order chi connectivity index (χ1) is 8.77. The molecule has 3 heteroatoms. The fourth-order valence-electron chi connectivity index (χ4n) is 2.02. The maximum absolute atomic E-state index is 11.1. The molecule has 2 aromatic rings. The second-order valence-electron chi connectivity index (χ2n) is 4.01. The van der Waals surface area contributed by atoms with Gasteiger partial charge in [-0.1, -0.05) is 24.3 Å². The maximum Gasteiger partial charge on any atom is 0.189 e. The number of aldehydes is 1. The molecule has 0 amide bonds. The minimum absolute atomic E-state index is 0.228. The van der Waals surface area contributed by atoms with Gasteiger partial charge in [0, 0.05) is 12.2 Å². The molecule has 2 aromatic carbocycles. The molecule has 0 fully saturated rings. The van der Waals surface area contributed by atoms with Crippen LogP contribution in [-0.4, -0.2) is 19.7 Å². The topological polar surface area (TPSA) is 35.5 Å². The van der Waals surface area contributed by atoms with Crippen LogP contribution in [0.25, 0.3) is 10.8 Å². The van der Waals surface area contributed by atoms with Gasteiger partial charge in [0.15, 0.2) is 13.1 Å². The summed E-state index contributed by atoms with van der Waals surface area (Å²) in [6.07, 6.45) is 0.877. The van der Waals surface area contributed by atoms with Crippen molar-refractivity contribution >= 4 is 17.1 Å². The van der Waals surface area contributed by atoms with Gasteiger partial charge in [-0.3, -0.25) is 4.79 Å². The summed E-state index contributed by atoms with van der Waals surface area (Å²) in [7, 11) is 0. The van der Waals surface area contributed by atoms with Crippen LogP contribution in [0.4, 0.5) is 0 Å². The highest BCUT2D eigenvalue weighted by molar-refractivity contribution is 6.00. The lowest BCUT2D eigenvalue weighted by Gasteiger charge is -2.12. The van der Waals surface area contributed by atoms with E-state index in [0.29, 0.717) is 12.2 Å². The van der Waals surface area contributed by atoms with E-state index in [-0.39, 0.29) is 6.79 Å². The number of benzene rings is 2. The molecule has 0 spiro atoms. The molecule has 0 aromatic heterocycles. The molecule has 0 radical (unpaired) electrons. The van der Waals surface area contributed by atoms with Gasteiger partial charge in [0.2, 0.25) is 0 Å². The van der Waals surface area contributed by atoms with E-state index in [0.717, 1.165) is 28.4 Å². The molecular formula is C15H16O3. The zero-order chi connectivity index (χ0) is 13.0. The molecule has 0 saturated carbocycles. The van der Waals surface area contributed by atoms with Crippen LogP contribution in [0.3, 0.4) is 0 Å². The second kappa shape index (κ2) is 5.65. The highest BCUT2D eigenvalue weighted by Gasteiger charge is 2.08. The van der Waals surface area contributed by atoms with Gasteiger partial charge in [0.05, 0.1) is 0 Å². The highest BCUT2D eigenvalue weighted by Crippen LogP contribution is 2.29. The summed E-state index contributed by atoms with van der Waals surface area (Å²) >= 11 is 0. The predicted octanol–water partition coefficient (Wildman–Crippen LogP) is 3.33. The average molecular weight is 244 g/mol. The standard InChI is InChI=1S/C15H16O3/c1-3-17-10-18-14-8-7-12-5-4-6-13(9-16)15(12)11(14)2/h4-9H,3,10H2,1-2H3. The van der Waals surface area contributed by atoms with Gasteiger partial charge in [-0.25, -0.2) is 0 Å². The SMILES string of the molecule is CCOCOc1ccc2cccc(C=O)c2c1C. The van der Waals surface area contributed by atoms with Crippen molar-refractivity contribution in [3.05, 3.63) is 41.5 Å². The fourth-order valence-corrected chi connectivity index (χ4v) is 2.02. The summed E-state index contributed by atoms with van der Waals surface area (Å²) in [6, 6.07) is 9.55. The van der Waals surface area contributed by atoms with E-state index >= 15 is 0 Å². The molecule has 0 aliphatic carbocycles. The maximum atomic E-state index is 11.1. The summed E-state index contributed by atoms with van der Waals surface area (Å²) < 4.78 is 10.7. The number of aryl methyl sites for hydroxylation is 1. The van der Waals surface area contributed by atoms with Crippen molar-refractivity contribution in [1.29, 1.82) is 0 Å². The Balaban J connectivity index is 2.45. The lowest BCUT2D eigenvalue weighted by molar-refractivity contribution is 0.0221. The van der Waals surface area contributed by atoms with E-state index in [1.54, 1.807) is 0 Å². The van der Waals surface area contributed by atoms with Gasteiger partial charge in [-0.15, -0.1) is 0 Å². The Morgan fingerprint density at radius 1 is 1.22 bits per heavy atom. The molecule has 0 aliphatic rings. The smallest absolute Gasteiger partial charge is 0.189 e. The van der Waals surface area contributed by atoms with Gasteiger partial charge in [0.1, 0.15) is 5.75 Å². The Bertz CT molecular complexity index is 561. The number of fused-ring (bicyclic) bond motifs is 1. The van der Waals surface area contributed by atoms with Crippen LogP contribution in [-0.2, 0) is 4.74 Å². The summed E-state index contributed by atoms with van der Waals surface area (Å²) in [5, 5.41) is 1.99. The molecule has 18 heavy (non-hydrogen) atoms. The third-order valence-corrected chi connectivity index (χ3v) is 2.92. The fraction of sp³-hybridized carbons (Fsp3) is 0.267. The van der Waals surface area contributed by atoms with Gasteiger partial charge >= 0.3 is 0 Å². The Hall–Kier alpha value is -1.87. The zero-order valence-electron chi connectivity index (χ0n) is 10.6. The molecule has 0 heterocycles. The van der Waals surface area contributed by atoms with Gasteiger partial charge in [-0.2, -0.15) is 0 Å². The van der Waals surface area contributed by atoms with Crippen LogP contribution in [0, 0.1) is 6.92 Å². The molecule has 3 nitrogen and oxygen atoms in total. The molecule has 2 rings (SSSR count). The Morgan fingerprint density at radius 2 is 2.06 bits per heavy atom. The molecular weight excluding hydrogens is 228 g/mol. The molecule has 0 saturated heterocycles. The van der Waals surface area contributed by atoms with E-state index in [1.807, 2.05) is 44.2 Å². The Labute approximate surface area is 106 Å². The Morgan fingerprint density at radius 3 is 2.78 bits per heavy atom. The summed E-state index contributed by atoms with van der Waals surface area (Å²) in [4.78, 5) is 11.1. The van der Waals surface area contributed by atoms with Gasteiger partial charge in [-0.05, 0) is 36.2 Å². The quantitative estimate of drug-likeness (QED) is 0.460. The minimum Gasteiger partial charge on any atom is -0.467 e. The van der Waals surface area contributed by atoms with E-state index in [2.05, 4.69) is 0 Å². The van der Waals surface area contributed by atoms with Crippen molar-refractivity contribution in [2.24, 2.45) is 0 Å². The molecule has 0 aliphatic heterocycles. The minimum atomic E-state index is 0.228. The van der Waals surface area contributed by atoms with Gasteiger partial charge in [0.25, 0.3) is 0 Å². The van der Waals surface area contributed by atoms with Crippen LogP contribution < -0.4 is 4.74 Å². The lowest BCUT2D eigenvalue weighted by atomic mass is 10.00. The van der Waals surface area contributed by atoms with Crippen LogP contribution in [0.2, 0.25) is 0 Å². The first-order valence-corrected chi connectivity index (χ1v) is 5.96. The number of carbonyl (C=O) groups excluding carboxylic acids is 1. The highest BCUT2D eigenvalue weighted by atomic mass is 16.7. The van der Waals surface area contributed by atoms with Crippen molar-refractivity contribution in [2.45, 2.75) is 13.8 Å². The lowest BCUT2D eigenvalue weighted by Crippen LogP contribution is -2.03. The molecule has 0 unspecified atom stereocenters. The van der Waals surface area contributed by atoms with Crippen molar-refractivity contribution in [2.75, 3.05) is 13.4 Å². The third kappa shape index (κ3) is 2.36. The first-order valence-electron chi connectivity index (χ1n) is 5.96. The normalized spacial score (nSPS) is 10.6. The zero-order valence-corrected chi connectivity index (χ0v) is 10.6. The second-order valence-corrected chi connectivity index (χ2v) is 4.01. The van der Waals surface area contributed by atoms with E-state index in [4.69, 9.17) is 9.47 Å². The van der Waals surface area contributed by atoms with Crippen molar-refractivity contribution in [3.8, 4) is 5.75 Å². The number of hydrogen-bond acceptors (Lipinski definition) is 3. The average Bonchev–Trinajstić information content (AvgIpc) is 2.41. The number of hydrogen-bond donors (Lipinski definition) is 0. The number of carbonyl (C=O) groups is 1. The Kier molecular flexibility index (Phi) is 3.95. The van der Waals surface area contributed by atoms with Crippen molar-refractivity contribution < 1.29 is 14.3 Å². The summed E-state index contributed by atoms with van der Waals surface area (Å²) in [5.41, 5.74) is 1.65. The van der Waals surface area contributed by atoms with E-state index < -0.39 is 0 Å². The van der Waals surface area contributed by atoms with Crippen LogP contribution >= 0.6 is 0 Å².